The van der Waals surface area contributed by atoms with Crippen molar-refractivity contribution in [3.05, 3.63) is 23.3 Å². The van der Waals surface area contributed by atoms with Gasteiger partial charge in [0.15, 0.2) is 11.5 Å². The topological polar surface area (TPSA) is 68.5 Å². The molecule has 0 unspecified atom stereocenters. The van der Waals surface area contributed by atoms with E-state index in [9.17, 15) is 10.4 Å². The summed E-state index contributed by atoms with van der Waals surface area (Å²) in [5, 5.41) is 23.1. The lowest BCUT2D eigenvalue weighted by Gasteiger charge is -2.36. The van der Waals surface area contributed by atoms with Gasteiger partial charge in [-0.1, -0.05) is 13.8 Å². The molecule has 0 amide bonds. The smallest absolute Gasteiger partial charge is 0.162 e. The summed E-state index contributed by atoms with van der Waals surface area (Å²) in [5.41, 5.74) is 1.32. The van der Waals surface area contributed by atoms with Gasteiger partial charge in [0.1, 0.15) is 0 Å². The van der Waals surface area contributed by atoms with Crippen molar-refractivity contribution in [3.63, 3.8) is 0 Å². The van der Waals surface area contributed by atoms with Gasteiger partial charge < -0.3 is 15.2 Å². The number of ether oxygens (including phenoxy) is 1. The number of phenols is 1. The van der Waals surface area contributed by atoms with Crippen molar-refractivity contribution >= 4 is 0 Å². The molecular formula is C17H25N3O2. The molecule has 0 aromatic heterocycles. The highest BCUT2D eigenvalue weighted by Gasteiger charge is 2.27. The second-order valence-corrected chi connectivity index (χ2v) is 6.16. The van der Waals surface area contributed by atoms with E-state index in [2.05, 4.69) is 30.1 Å². The maximum Gasteiger partial charge on any atom is 0.162 e. The van der Waals surface area contributed by atoms with E-state index in [1.165, 1.54) is 7.11 Å². The number of benzene rings is 1. The molecule has 1 aromatic carbocycles. The fraction of sp³-hybridized carbons (Fsp3) is 0.588. The Morgan fingerprint density at radius 2 is 2.05 bits per heavy atom. The molecule has 1 heterocycles. The van der Waals surface area contributed by atoms with Gasteiger partial charge in [-0.05, 0) is 18.4 Å². The molecule has 1 saturated heterocycles. The lowest BCUT2D eigenvalue weighted by atomic mass is 9.93. The van der Waals surface area contributed by atoms with Crippen molar-refractivity contribution < 1.29 is 9.84 Å². The van der Waals surface area contributed by atoms with Crippen molar-refractivity contribution in [1.29, 1.82) is 5.26 Å². The molecule has 1 aromatic rings. The molecule has 22 heavy (non-hydrogen) atoms. The minimum Gasteiger partial charge on any atom is -0.504 e. The van der Waals surface area contributed by atoms with Crippen LogP contribution in [0.4, 0.5) is 0 Å². The Balaban J connectivity index is 2.43. The van der Waals surface area contributed by atoms with Crippen LogP contribution in [0.2, 0.25) is 0 Å². The van der Waals surface area contributed by atoms with Gasteiger partial charge in [-0.15, -0.1) is 0 Å². The SMILES string of the molecule is COc1cc(C#N)cc([C@H](CC(C)C)N2CCNCC2)c1O. The lowest BCUT2D eigenvalue weighted by Crippen LogP contribution is -2.45. The van der Waals surface area contributed by atoms with Crippen molar-refractivity contribution in [1.82, 2.24) is 10.2 Å². The quantitative estimate of drug-likeness (QED) is 0.873. The monoisotopic (exact) mass is 303 g/mol. The Morgan fingerprint density at radius 3 is 2.59 bits per heavy atom. The average Bonchev–Trinajstić information content (AvgIpc) is 2.54. The summed E-state index contributed by atoms with van der Waals surface area (Å²) in [5.74, 6) is 1.03. The summed E-state index contributed by atoms with van der Waals surface area (Å²) in [6, 6.07) is 5.64. The normalized spacial score (nSPS) is 17.2. The zero-order chi connectivity index (χ0) is 16.1. The maximum absolute atomic E-state index is 10.5. The molecule has 5 heteroatoms. The van der Waals surface area contributed by atoms with E-state index in [1.807, 2.05) is 0 Å². The zero-order valence-corrected chi connectivity index (χ0v) is 13.6. The lowest BCUT2D eigenvalue weighted by molar-refractivity contribution is 0.151. The third-order valence-corrected chi connectivity index (χ3v) is 4.10. The number of phenolic OH excluding ortho intramolecular Hbond substituents is 1. The van der Waals surface area contributed by atoms with Gasteiger partial charge in [-0.2, -0.15) is 5.26 Å². The zero-order valence-electron chi connectivity index (χ0n) is 13.6. The number of hydrogen-bond acceptors (Lipinski definition) is 5. The minimum atomic E-state index is 0.101. The molecule has 0 radical (unpaired) electrons. The number of aromatic hydroxyl groups is 1. The van der Waals surface area contributed by atoms with Crippen LogP contribution in [-0.2, 0) is 0 Å². The Hall–Kier alpha value is -1.77. The van der Waals surface area contributed by atoms with Gasteiger partial charge in [0.2, 0.25) is 0 Å². The number of methoxy groups -OCH3 is 1. The molecular weight excluding hydrogens is 278 g/mol. The molecule has 0 saturated carbocycles. The van der Waals surface area contributed by atoms with Gasteiger partial charge in [0.25, 0.3) is 0 Å². The Morgan fingerprint density at radius 1 is 1.36 bits per heavy atom. The van der Waals surface area contributed by atoms with Crippen LogP contribution in [0.5, 0.6) is 11.5 Å². The molecule has 2 rings (SSSR count). The number of hydrogen-bond donors (Lipinski definition) is 2. The summed E-state index contributed by atoms with van der Waals surface area (Å²) in [4.78, 5) is 2.38. The summed E-state index contributed by atoms with van der Waals surface area (Å²) in [6.07, 6.45) is 0.936. The van der Waals surface area contributed by atoms with Crippen LogP contribution in [-0.4, -0.2) is 43.3 Å². The van der Waals surface area contributed by atoms with Gasteiger partial charge in [-0.3, -0.25) is 4.90 Å². The van der Waals surface area contributed by atoms with Crippen LogP contribution >= 0.6 is 0 Å². The summed E-state index contributed by atoms with van der Waals surface area (Å²) in [6.45, 7) is 8.13. The molecule has 0 spiro atoms. The van der Waals surface area contributed by atoms with E-state index in [1.54, 1.807) is 12.1 Å². The Labute approximate surface area is 132 Å². The first kappa shape index (κ1) is 16.6. The van der Waals surface area contributed by atoms with E-state index in [4.69, 9.17) is 4.74 Å². The number of piperazine rings is 1. The fourth-order valence-corrected chi connectivity index (χ4v) is 3.02. The number of nitriles is 1. The van der Waals surface area contributed by atoms with Gasteiger partial charge in [-0.25, -0.2) is 0 Å². The van der Waals surface area contributed by atoms with Crippen LogP contribution in [0.1, 0.15) is 37.4 Å². The first-order chi connectivity index (χ1) is 10.6. The second-order valence-electron chi connectivity index (χ2n) is 6.16. The highest BCUT2D eigenvalue weighted by Crippen LogP contribution is 2.40. The third kappa shape index (κ3) is 3.70. The highest BCUT2D eigenvalue weighted by molar-refractivity contribution is 5.53. The summed E-state index contributed by atoms with van der Waals surface area (Å²) in [7, 11) is 1.52. The van der Waals surface area contributed by atoms with Crippen molar-refractivity contribution in [2.24, 2.45) is 5.92 Å². The van der Waals surface area contributed by atoms with Crippen LogP contribution in [0.3, 0.4) is 0 Å². The van der Waals surface area contributed by atoms with Gasteiger partial charge >= 0.3 is 0 Å². The second kappa shape index (κ2) is 7.48. The first-order valence-corrected chi connectivity index (χ1v) is 7.82. The van der Waals surface area contributed by atoms with Gasteiger partial charge in [0, 0.05) is 43.9 Å². The number of nitrogens with zero attached hydrogens (tertiary/aromatic N) is 2. The minimum absolute atomic E-state index is 0.101. The average molecular weight is 303 g/mol. The highest BCUT2D eigenvalue weighted by atomic mass is 16.5. The molecule has 120 valence electrons. The first-order valence-electron chi connectivity index (χ1n) is 7.82. The van der Waals surface area contributed by atoms with E-state index in [0.29, 0.717) is 17.2 Å². The van der Waals surface area contributed by atoms with E-state index < -0.39 is 0 Å². The van der Waals surface area contributed by atoms with Crippen LogP contribution in [0, 0.1) is 17.2 Å². The molecule has 1 aliphatic rings. The predicted octanol–water partition coefficient (Wildman–Crippen LogP) is 2.26. The molecule has 0 aliphatic carbocycles. The Bertz CT molecular complexity index is 546. The molecule has 2 N–H and O–H groups in total. The van der Waals surface area contributed by atoms with Crippen LogP contribution in [0.25, 0.3) is 0 Å². The molecule has 0 bridgehead atoms. The van der Waals surface area contributed by atoms with Crippen molar-refractivity contribution in [3.8, 4) is 17.6 Å². The van der Waals surface area contributed by atoms with E-state index in [-0.39, 0.29) is 11.8 Å². The van der Waals surface area contributed by atoms with Crippen molar-refractivity contribution in [2.45, 2.75) is 26.3 Å². The van der Waals surface area contributed by atoms with Gasteiger partial charge in [0.05, 0.1) is 18.7 Å². The fourth-order valence-electron chi connectivity index (χ4n) is 3.02. The molecule has 1 aliphatic heterocycles. The van der Waals surface area contributed by atoms with Crippen LogP contribution in [0.15, 0.2) is 12.1 Å². The maximum atomic E-state index is 10.5. The van der Waals surface area contributed by atoms with Crippen molar-refractivity contribution in [2.75, 3.05) is 33.3 Å². The number of nitrogens with one attached hydrogen (secondary N) is 1. The molecule has 1 atom stereocenters. The molecule has 5 nitrogen and oxygen atoms in total. The van der Waals surface area contributed by atoms with Crippen LogP contribution < -0.4 is 10.1 Å². The Kier molecular flexibility index (Phi) is 5.64. The standard InChI is InChI=1S/C17H25N3O2/c1-12(2)8-15(20-6-4-19-5-7-20)14-9-13(11-18)10-16(22-3)17(14)21/h9-10,12,15,19,21H,4-8H2,1-3H3/t15-/m0/s1. The molecule has 1 fully saturated rings. The number of rotatable bonds is 5. The largest absolute Gasteiger partial charge is 0.504 e. The summed E-state index contributed by atoms with van der Waals surface area (Å²) < 4.78 is 5.24. The third-order valence-electron chi connectivity index (χ3n) is 4.10. The predicted molar refractivity (Wildman–Crippen MR) is 86.0 cm³/mol. The van der Waals surface area contributed by atoms with E-state index >= 15 is 0 Å². The summed E-state index contributed by atoms with van der Waals surface area (Å²) >= 11 is 0. The van der Waals surface area contributed by atoms with E-state index in [0.717, 1.165) is 38.2 Å².